The summed E-state index contributed by atoms with van der Waals surface area (Å²) in [5, 5.41) is 12.9. The van der Waals surface area contributed by atoms with Crippen molar-refractivity contribution in [3.8, 4) is 0 Å². The molecule has 1 aromatic heterocycles. The molecular formula is C17H20N2O3S. The molecule has 122 valence electrons. The second kappa shape index (κ2) is 6.91. The summed E-state index contributed by atoms with van der Waals surface area (Å²) >= 11 is 1.29. The molecule has 0 bridgehead atoms. The number of rotatable bonds is 5. The molecule has 2 N–H and O–H groups in total. The highest BCUT2D eigenvalue weighted by molar-refractivity contribution is 7.13. The quantitative estimate of drug-likeness (QED) is 0.879. The zero-order valence-electron chi connectivity index (χ0n) is 13.6. The van der Waals surface area contributed by atoms with Crippen molar-refractivity contribution >= 4 is 23.2 Å². The number of carbonyl (C=O) groups excluding carboxylic acids is 1. The van der Waals surface area contributed by atoms with Gasteiger partial charge in [0.15, 0.2) is 6.04 Å². The molecular weight excluding hydrogens is 312 g/mol. The Labute approximate surface area is 139 Å². The van der Waals surface area contributed by atoms with Gasteiger partial charge in [-0.2, -0.15) is 0 Å². The van der Waals surface area contributed by atoms with Crippen molar-refractivity contribution in [1.29, 1.82) is 0 Å². The van der Waals surface area contributed by atoms with Crippen molar-refractivity contribution < 1.29 is 14.7 Å². The number of aryl methyl sites for hydroxylation is 2. The van der Waals surface area contributed by atoms with Crippen LogP contribution in [-0.4, -0.2) is 22.0 Å². The highest BCUT2D eigenvalue weighted by Gasteiger charge is 2.24. The predicted molar refractivity (Wildman–Crippen MR) is 90.0 cm³/mol. The number of nitrogens with zero attached hydrogens (tertiary/aromatic N) is 1. The van der Waals surface area contributed by atoms with Crippen LogP contribution in [0.4, 0.5) is 0 Å². The minimum absolute atomic E-state index is 0.233. The van der Waals surface area contributed by atoms with Crippen LogP contribution in [0.5, 0.6) is 0 Å². The number of amides is 1. The molecule has 6 heteroatoms. The van der Waals surface area contributed by atoms with E-state index in [-0.39, 0.29) is 5.92 Å². The lowest BCUT2D eigenvalue weighted by Crippen LogP contribution is -2.33. The molecule has 5 nitrogen and oxygen atoms in total. The number of carboxylic acids is 1. The maximum absolute atomic E-state index is 12.3. The number of aromatic nitrogens is 1. The number of benzene rings is 1. The van der Waals surface area contributed by atoms with E-state index in [4.69, 9.17) is 0 Å². The van der Waals surface area contributed by atoms with E-state index in [0.717, 1.165) is 16.1 Å². The van der Waals surface area contributed by atoms with Crippen molar-refractivity contribution in [3.63, 3.8) is 0 Å². The molecule has 0 spiro atoms. The van der Waals surface area contributed by atoms with E-state index in [2.05, 4.69) is 10.3 Å². The fourth-order valence-electron chi connectivity index (χ4n) is 2.33. The average molecular weight is 332 g/mol. The Kier molecular flexibility index (Phi) is 5.15. The molecule has 0 radical (unpaired) electrons. The summed E-state index contributed by atoms with van der Waals surface area (Å²) in [5.74, 6) is -1.27. The molecule has 0 aliphatic carbocycles. The minimum Gasteiger partial charge on any atom is -0.479 e. The molecule has 0 aliphatic rings. The van der Waals surface area contributed by atoms with Crippen LogP contribution < -0.4 is 5.32 Å². The Balaban J connectivity index is 2.25. The monoisotopic (exact) mass is 332 g/mol. The minimum atomic E-state index is -1.09. The van der Waals surface area contributed by atoms with Crippen molar-refractivity contribution in [2.75, 3.05) is 0 Å². The Hall–Kier alpha value is -2.21. The molecule has 0 aliphatic heterocycles. The van der Waals surface area contributed by atoms with Crippen LogP contribution in [0.1, 0.15) is 57.2 Å². The van der Waals surface area contributed by atoms with Gasteiger partial charge in [0.25, 0.3) is 5.91 Å². The van der Waals surface area contributed by atoms with E-state index in [1.165, 1.54) is 17.5 Å². The molecule has 23 heavy (non-hydrogen) atoms. The third-order valence-electron chi connectivity index (χ3n) is 3.34. The normalized spacial score (nSPS) is 12.2. The van der Waals surface area contributed by atoms with E-state index in [1.807, 2.05) is 33.8 Å². The van der Waals surface area contributed by atoms with Gasteiger partial charge in [-0.3, -0.25) is 4.79 Å². The smallest absolute Gasteiger partial charge is 0.330 e. The fourth-order valence-corrected chi connectivity index (χ4v) is 3.15. The molecule has 2 rings (SSSR count). The summed E-state index contributed by atoms with van der Waals surface area (Å²) in [5.41, 5.74) is 2.48. The molecule has 2 aromatic rings. The predicted octanol–water partition coefficient (Wildman–Crippen LogP) is 3.44. The number of aliphatic carboxylic acids is 1. The first-order valence-electron chi connectivity index (χ1n) is 7.35. The molecule has 1 amide bonds. The standard InChI is InChI=1S/C17H20N2O3S/c1-9(2)16-18-8-13(23-16)15(20)19-14(17(21)22)12-6-10(3)5-11(4)7-12/h5-9,14H,1-4H3,(H,19,20)(H,21,22). The van der Waals surface area contributed by atoms with Gasteiger partial charge >= 0.3 is 5.97 Å². The lowest BCUT2D eigenvalue weighted by molar-refractivity contribution is -0.139. The van der Waals surface area contributed by atoms with E-state index in [1.54, 1.807) is 12.1 Å². The van der Waals surface area contributed by atoms with Gasteiger partial charge in [0.05, 0.1) is 11.2 Å². The van der Waals surface area contributed by atoms with E-state index >= 15 is 0 Å². The highest BCUT2D eigenvalue weighted by Crippen LogP contribution is 2.23. The van der Waals surface area contributed by atoms with Crippen molar-refractivity contribution in [2.24, 2.45) is 0 Å². The summed E-state index contributed by atoms with van der Waals surface area (Å²) < 4.78 is 0. The molecule has 0 fully saturated rings. The Morgan fingerprint density at radius 1 is 1.17 bits per heavy atom. The fraction of sp³-hybridized carbons (Fsp3) is 0.353. The zero-order chi connectivity index (χ0) is 17.1. The number of carboxylic acid groups (broad SMARTS) is 1. The zero-order valence-corrected chi connectivity index (χ0v) is 14.4. The maximum Gasteiger partial charge on any atom is 0.330 e. The first kappa shape index (κ1) is 17.1. The topological polar surface area (TPSA) is 79.3 Å². The summed E-state index contributed by atoms with van der Waals surface area (Å²) in [7, 11) is 0. The first-order valence-corrected chi connectivity index (χ1v) is 8.17. The van der Waals surface area contributed by atoms with Crippen molar-refractivity contribution in [3.05, 3.63) is 51.0 Å². The summed E-state index contributed by atoms with van der Waals surface area (Å²) in [4.78, 5) is 28.5. The van der Waals surface area contributed by atoms with Gasteiger partial charge in [0.2, 0.25) is 0 Å². The number of nitrogens with one attached hydrogen (secondary N) is 1. The summed E-state index contributed by atoms with van der Waals surface area (Å²) in [6, 6.07) is 4.43. The first-order chi connectivity index (χ1) is 10.8. The molecule has 0 saturated carbocycles. The largest absolute Gasteiger partial charge is 0.479 e. The molecule has 1 atom stereocenters. The van der Waals surface area contributed by atoms with Crippen molar-refractivity contribution in [1.82, 2.24) is 10.3 Å². The lowest BCUT2D eigenvalue weighted by atomic mass is 10.0. The van der Waals surface area contributed by atoms with Gasteiger partial charge in [-0.25, -0.2) is 9.78 Å². The van der Waals surface area contributed by atoms with E-state index < -0.39 is 17.9 Å². The second-order valence-corrected chi connectivity index (χ2v) is 6.95. The van der Waals surface area contributed by atoms with Gasteiger partial charge in [-0.05, 0) is 19.4 Å². The molecule has 0 saturated heterocycles. The van der Waals surface area contributed by atoms with Crippen molar-refractivity contribution in [2.45, 2.75) is 39.7 Å². The van der Waals surface area contributed by atoms with Gasteiger partial charge in [-0.1, -0.05) is 43.2 Å². The number of thiazole rings is 1. The van der Waals surface area contributed by atoms with Crippen LogP contribution in [0, 0.1) is 13.8 Å². The molecule has 1 unspecified atom stereocenters. The third-order valence-corrected chi connectivity index (χ3v) is 4.64. The van der Waals surface area contributed by atoms with Gasteiger partial charge in [0, 0.05) is 5.92 Å². The SMILES string of the molecule is Cc1cc(C)cc(C(NC(=O)c2cnc(C(C)C)s2)C(=O)O)c1. The lowest BCUT2D eigenvalue weighted by Gasteiger charge is -2.15. The summed E-state index contributed by atoms with van der Waals surface area (Å²) in [6.07, 6.45) is 1.50. The Bertz CT molecular complexity index is 717. The second-order valence-electron chi connectivity index (χ2n) is 5.88. The number of carbonyl (C=O) groups is 2. The van der Waals surface area contributed by atoms with Gasteiger partial charge in [-0.15, -0.1) is 11.3 Å². The Morgan fingerprint density at radius 3 is 2.26 bits per heavy atom. The van der Waals surface area contributed by atoms with Gasteiger partial charge < -0.3 is 10.4 Å². The third kappa shape index (κ3) is 4.16. The van der Waals surface area contributed by atoms with Crippen LogP contribution in [0.3, 0.4) is 0 Å². The number of hydrogen-bond donors (Lipinski definition) is 2. The molecule has 1 aromatic carbocycles. The van der Waals surface area contributed by atoms with Crippen LogP contribution in [0.2, 0.25) is 0 Å². The molecule has 1 heterocycles. The Morgan fingerprint density at radius 2 is 1.78 bits per heavy atom. The highest BCUT2D eigenvalue weighted by atomic mass is 32.1. The maximum atomic E-state index is 12.3. The van der Waals surface area contributed by atoms with Gasteiger partial charge in [0.1, 0.15) is 4.88 Å². The van der Waals surface area contributed by atoms with E-state index in [9.17, 15) is 14.7 Å². The van der Waals surface area contributed by atoms with Crippen LogP contribution in [-0.2, 0) is 4.79 Å². The van der Waals surface area contributed by atoms with Crippen LogP contribution in [0.15, 0.2) is 24.4 Å². The number of hydrogen-bond acceptors (Lipinski definition) is 4. The summed E-state index contributed by atoms with van der Waals surface area (Å²) in [6.45, 7) is 7.79. The average Bonchev–Trinajstić information content (AvgIpc) is 2.93. The van der Waals surface area contributed by atoms with Crippen LogP contribution in [0.25, 0.3) is 0 Å². The van der Waals surface area contributed by atoms with Crippen LogP contribution >= 0.6 is 11.3 Å². The van der Waals surface area contributed by atoms with E-state index in [0.29, 0.717) is 10.4 Å².